The number of aryl methyl sites for hydroxylation is 1. The molecule has 0 saturated carbocycles. The second-order valence-corrected chi connectivity index (χ2v) is 3.81. The summed E-state index contributed by atoms with van der Waals surface area (Å²) >= 11 is 1.36. The molecule has 1 aromatic rings. The van der Waals surface area contributed by atoms with Crippen LogP contribution in [0.1, 0.15) is 11.9 Å². The van der Waals surface area contributed by atoms with Gasteiger partial charge in [-0.05, 0) is 20.9 Å². The van der Waals surface area contributed by atoms with Crippen LogP contribution in [0.3, 0.4) is 0 Å². The molecular formula is C7H12N4OS. The Kier molecular flexibility index (Phi) is 3.32. The monoisotopic (exact) mass is 200 g/mol. The SMILES string of the molecule is CNC(C)C(=O)Nc1nnc(C)s1. The third kappa shape index (κ3) is 2.74. The number of likely N-dealkylation sites (N-methyl/N-ethyl adjacent to an activating group) is 1. The van der Waals surface area contributed by atoms with Gasteiger partial charge < -0.3 is 5.32 Å². The van der Waals surface area contributed by atoms with E-state index in [2.05, 4.69) is 20.8 Å². The molecule has 6 heteroatoms. The number of nitrogens with one attached hydrogen (secondary N) is 2. The van der Waals surface area contributed by atoms with Gasteiger partial charge in [0.1, 0.15) is 5.01 Å². The van der Waals surface area contributed by atoms with Gasteiger partial charge in [0.05, 0.1) is 6.04 Å². The van der Waals surface area contributed by atoms with Crippen molar-refractivity contribution in [3.05, 3.63) is 5.01 Å². The Bertz CT molecular complexity index is 298. The van der Waals surface area contributed by atoms with Crippen molar-refractivity contribution in [2.75, 3.05) is 12.4 Å². The lowest BCUT2D eigenvalue weighted by atomic mass is 10.3. The predicted octanol–water partition coefficient (Wildman–Crippen LogP) is 0.393. The minimum absolute atomic E-state index is 0.0985. The van der Waals surface area contributed by atoms with E-state index in [9.17, 15) is 4.79 Å². The predicted molar refractivity (Wildman–Crippen MR) is 51.8 cm³/mol. The van der Waals surface area contributed by atoms with Crippen LogP contribution >= 0.6 is 11.3 Å². The highest BCUT2D eigenvalue weighted by molar-refractivity contribution is 7.15. The molecule has 1 aromatic heterocycles. The van der Waals surface area contributed by atoms with Gasteiger partial charge in [-0.1, -0.05) is 11.3 Å². The van der Waals surface area contributed by atoms with E-state index in [1.54, 1.807) is 14.0 Å². The fourth-order valence-corrected chi connectivity index (χ4v) is 1.29. The Balaban J connectivity index is 2.54. The summed E-state index contributed by atoms with van der Waals surface area (Å²) in [5.41, 5.74) is 0. The summed E-state index contributed by atoms with van der Waals surface area (Å²) in [6, 6.07) is -0.218. The average molecular weight is 200 g/mol. The summed E-state index contributed by atoms with van der Waals surface area (Å²) in [6.07, 6.45) is 0. The number of carbonyl (C=O) groups excluding carboxylic acids is 1. The van der Waals surface area contributed by atoms with Gasteiger partial charge in [-0.15, -0.1) is 10.2 Å². The third-order valence-corrected chi connectivity index (χ3v) is 2.34. The molecule has 0 aliphatic carbocycles. The maximum atomic E-state index is 11.3. The van der Waals surface area contributed by atoms with Crippen LogP contribution in [0.2, 0.25) is 0 Å². The quantitative estimate of drug-likeness (QED) is 0.741. The van der Waals surface area contributed by atoms with Crippen molar-refractivity contribution in [3.8, 4) is 0 Å². The molecule has 0 aliphatic heterocycles. The van der Waals surface area contributed by atoms with Crippen LogP contribution in [-0.2, 0) is 4.79 Å². The molecule has 0 saturated heterocycles. The van der Waals surface area contributed by atoms with E-state index in [-0.39, 0.29) is 11.9 Å². The fourth-order valence-electron chi connectivity index (χ4n) is 0.692. The van der Waals surface area contributed by atoms with Crippen LogP contribution in [0.15, 0.2) is 0 Å². The van der Waals surface area contributed by atoms with Gasteiger partial charge in [0.15, 0.2) is 0 Å². The minimum atomic E-state index is -0.218. The van der Waals surface area contributed by atoms with E-state index in [0.717, 1.165) is 5.01 Å². The maximum Gasteiger partial charge on any atom is 0.243 e. The lowest BCUT2D eigenvalue weighted by molar-refractivity contribution is -0.117. The molecule has 0 radical (unpaired) electrons. The zero-order chi connectivity index (χ0) is 9.84. The van der Waals surface area contributed by atoms with Gasteiger partial charge in [-0.2, -0.15) is 0 Å². The highest BCUT2D eigenvalue weighted by atomic mass is 32.1. The number of nitrogens with zero attached hydrogens (tertiary/aromatic N) is 2. The van der Waals surface area contributed by atoms with Crippen LogP contribution in [-0.4, -0.2) is 29.2 Å². The van der Waals surface area contributed by atoms with Crippen molar-refractivity contribution in [3.63, 3.8) is 0 Å². The molecule has 2 N–H and O–H groups in total. The largest absolute Gasteiger partial charge is 0.309 e. The number of rotatable bonds is 3. The maximum absolute atomic E-state index is 11.3. The molecule has 5 nitrogen and oxygen atoms in total. The summed E-state index contributed by atoms with van der Waals surface area (Å²) in [6.45, 7) is 3.62. The normalized spacial score (nSPS) is 12.5. The Labute approximate surface area is 80.6 Å². The highest BCUT2D eigenvalue weighted by Gasteiger charge is 2.11. The van der Waals surface area contributed by atoms with Crippen molar-refractivity contribution in [1.29, 1.82) is 0 Å². The zero-order valence-electron chi connectivity index (χ0n) is 7.79. The first-order valence-corrected chi connectivity index (χ1v) is 4.73. The van der Waals surface area contributed by atoms with Gasteiger partial charge in [0.25, 0.3) is 0 Å². The van der Waals surface area contributed by atoms with Crippen molar-refractivity contribution >= 4 is 22.4 Å². The van der Waals surface area contributed by atoms with Crippen LogP contribution in [0.25, 0.3) is 0 Å². The van der Waals surface area contributed by atoms with E-state index in [1.807, 2.05) is 6.92 Å². The molecule has 0 aromatic carbocycles. The van der Waals surface area contributed by atoms with Crippen LogP contribution in [0.4, 0.5) is 5.13 Å². The summed E-state index contributed by atoms with van der Waals surface area (Å²) in [4.78, 5) is 11.3. The lowest BCUT2D eigenvalue weighted by Crippen LogP contribution is -2.35. The summed E-state index contributed by atoms with van der Waals surface area (Å²) < 4.78 is 0. The van der Waals surface area contributed by atoms with Gasteiger partial charge in [-0.25, -0.2) is 0 Å². The zero-order valence-corrected chi connectivity index (χ0v) is 8.60. The summed E-state index contributed by atoms with van der Waals surface area (Å²) in [5, 5.41) is 14.4. The molecule has 0 aliphatic rings. The topological polar surface area (TPSA) is 66.9 Å². The minimum Gasteiger partial charge on any atom is -0.309 e. The second-order valence-electron chi connectivity index (χ2n) is 2.63. The molecule has 1 heterocycles. The van der Waals surface area contributed by atoms with Crippen molar-refractivity contribution in [2.45, 2.75) is 19.9 Å². The second kappa shape index (κ2) is 4.29. The van der Waals surface area contributed by atoms with E-state index in [4.69, 9.17) is 0 Å². The first-order chi connectivity index (χ1) is 6.13. The fraction of sp³-hybridized carbons (Fsp3) is 0.571. The third-order valence-electron chi connectivity index (χ3n) is 1.58. The van der Waals surface area contributed by atoms with E-state index in [1.165, 1.54) is 11.3 Å². The van der Waals surface area contributed by atoms with Crippen LogP contribution < -0.4 is 10.6 Å². The molecular weight excluding hydrogens is 188 g/mol. The Morgan fingerprint density at radius 3 is 2.69 bits per heavy atom. The van der Waals surface area contributed by atoms with E-state index < -0.39 is 0 Å². The highest BCUT2D eigenvalue weighted by Crippen LogP contribution is 2.13. The number of hydrogen-bond acceptors (Lipinski definition) is 5. The smallest absolute Gasteiger partial charge is 0.243 e. The molecule has 0 fully saturated rings. The van der Waals surface area contributed by atoms with Gasteiger partial charge in [-0.3, -0.25) is 10.1 Å². The summed E-state index contributed by atoms with van der Waals surface area (Å²) in [5.74, 6) is -0.0985. The van der Waals surface area contributed by atoms with Crippen molar-refractivity contribution in [2.24, 2.45) is 0 Å². The number of anilines is 1. The molecule has 1 atom stereocenters. The van der Waals surface area contributed by atoms with Crippen LogP contribution in [0, 0.1) is 6.92 Å². The van der Waals surface area contributed by atoms with Gasteiger partial charge in [0.2, 0.25) is 11.0 Å². The number of hydrogen-bond donors (Lipinski definition) is 2. The molecule has 0 bridgehead atoms. The number of aromatic nitrogens is 2. The molecule has 1 amide bonds. The molecule has 13 heavy (non-hydrogen) atoms. The molecule has 0 spiro atoms. The Morgan fingerprint density at radius 1 is 1.54 bits per heavy atom. The van der Waals surface area contributed by atoms with E-state index in [0.29, 0.717) is 5.13 Å². The van der Waals surface area contributed by atoms with Crippen LogP contribution in [0.5, 0.6) is 0 Å². The molecule has 1 unspecified atom stereocenters. The first kappa shape index (κ1) is 10.1. The first-order valence-electron chi connectivity index (χ1n) is 3.91. The average Bonchev–Trinajstić information content (AvgIpc) is 2.49. The number of amides is 1. The number of carbonyl (C=O) groups is 1. The van der Waals surface area contributed by atoms with Crippen molar-refractivity contribution < 1.29 is 4.79 Å². The lowest BCUT2D eigenvalue weighted by Gasteiger charge is -2.07. The van der Waals surface area contributed by atoms with Crippen molar-refractivity contribution in [1.82, 2.24) is 15.5 Å². The van der Waals surface area contributed by atoms with Gasteiger partial charge in [0, 0.05) is 0 Å². The molecule has 72 valence electrons. The van der Waals surface area contributed by atoms with E-state index >= 15 is 0 Å². The standard InChI is InChI=1S/C7H12N4OS/c1-4(8-3)6(12)9-7-11-10-5(2)13-7/h4,8H,1-3H3,(H,9,11,12). The molecule has 1 rings (SSSR count). The summed E-state index contributed by atoms with van der Waals surface area (Å²) in [7, 11) is 1.73. The van der Waals surface area contributed by atoms with Gasteiger partial charge >= 0.3 is 0 Å². The Hall–Kier alpha value is -1.01. The Morgan fingerprint density at radius 2 is 2.23 bits per heavy atom.